The second-order valence-electron chi connectivity index (χ2n) is 5.80. The summed E-state index contributed by atoms with van der Waals surface area (Å²) in [5.74, 6) is 0.416. The third-order valence-electron chi connectivity index (χ3n) is 3.97. The van der Waals surface area contributed by atoms with Gasteiger partial charge in [0.05, 0.1) is 0 Å². The van der Waals surface area contributed by atoms with Crippen molar-refractivity contribution >= 4 is 24.2 Å². The number of carbonyl (C=O) groups excluding carboxylic acids is 2. The molecule has 0 radical (unpaired) electrons. The Labute approximate surface area is 144 Å². The van der Waals surface area contributed by atoms with E-state index in [4.69, 9.17) is 0 Å². The number of hydrogen-bond acceptors (Lipinski definition) is 3. The molecule has 2 N–H and O–H groups in total. The Morgan fingerprint density at radius 3 is 2.74 bits per heavy atom. The number of nitrogens with one attached hydrogen (secondary N) is 2. The van der Waals surface area contributed by atoms with Gasteiger partial charge in [-0.05, 0) is 50.6 Å². The summed E-state index contributed by atoms with van der Waals surface area (Å²) < 4.78 is 0. The van der Waals surface area contributed by atoms with Gasteiger partial charge in [0.15, 0.2) is 0 Å². The van der Waals surface area contributed by atoms with Crippen LogP contribution in [-0.2, 0) is 0 Å². The van der Waals surface area contributed by atoms with Crippen molar-refractivity contribution < 1.29 is 9.59 Å². The van der Waals surface area contributed by atoms with Crippen molar-refractivity contribution in [1.82, 2.24) is 15.5 Å². The van der Waals surface area contributed by atoms with Crippen molar-refractivity contribution in [3.05, 3.63) is 35.4 Å². The molecule has 23 heavy (non-hydrogen) atoms. The molecule has 0 spiro atoms. The van der Waals surface area contributed by atoms with Crippen molar-refractivity contribution in [3.63, 3.8) is 0 Å². The molecule has 0 saturated carbocycles. The standard InChI is InChI=1S/C17H25N3O2.ClH/c1-3-8-19-16(21)14-5-4-6-15(10-14)17(22)20-9-7-13(12-20)11-18-2;/h4-6,10,13,18H,3,7-9,11-12H2,1-2H3,(H,19,21);1H. The fourth-order valence-corrected chi connectivity index (χ4v) is 2.79. The summed E-state index contributed by atoms with van der Waals surface area (Å²) in [6.45, 7) is 5.16. The van der Waals surface area contributed by atoms with Crippen molar-refractivity contribution in [1.29, 1.82) is 0 Å². The predicted molar refractivity (Wildman–Crippen MR) is 94.3 cm³/mol. The van der Waals surface area contributed by atoms with Gasteiger partial charge in [0.25, 0.3) is 11.8 Å². The summed E-state index contributed by atoms with van der Waals surface area (Å²) in [6, 6.07) is 6.99. The zero-order chi connectivity index (χ0) is 15.9. The molecule has 2 rings (SSSR count). The molecule has 0 aromatic heterocycles. The van der Waals surface area contributed by atoms with Crippen LogP contribution >= 0.6 is 12.4 Å². The van der Waals surface area contributed by atoms with Gasteiger partial charge in [-0.3, -0.25) is 9.59 Å². The Morgan fingerprint density at radius 1 is 1.30 bits per heavy atom. The third-order valence-corrected chi connectivity index (χ3v) is 3.97. The molecule has 0 bridgehead atoms. The lowest BCUT2D eigenvalue weighted by atomic mass is 10.1. The van der Waals surface area contributed by atoms with E-state index in [1.807, 2.05) is 18.9 Å². The summed E-state index contributed by atoms with van der Waals surface area (Å²) >= 11 is 0. The molecule has 1 aromatic carbocycles. The second kappa shape index (κ2) is 9.53. The normalized spacial score (nSPS) is 16.8. The molecule has 1 aliphatic rings. The quantitative estimate of drug-likeness (QED) is 0.832. The molecular weight excluding hydrogens is 314 g/mol. The zero-order valence-corrected chi connectivity index (χ0v) is 14.6. The molecule has 1 fully saturated rings. The summed E-state index contributed by atoms with van der Waals surface area (Å²) in [6.07, 6.45) is 1.92. The second-order valence-corrected chi connectivity index (χ2v) is 5.80. The minimum absolute atomic E-state index is 0. The highest BCUT2D eigenvalue weighted by Gasteiger charge is 2.26. The molecule has 2 amide bonds. The van der Waals surface area contributed by atoms with Gasteiger partial charge in [0.1, 0.15) is 0 Å². The van der Waals surface area contributed by atoms with Gasteiger partial charge in [-0.2, -0.15) is 0 Å². The van der Waals surface area contributed by atoms with Gasteiger partial charge in [-0.25, -0.2) is 0 Å². The smallest absolute Gasteiger partial charge is 0.253 e. The third kappa shape index (κ3) is 5.22. The van der Waals surface area contributed by atoms with E-state index < -0.39 is 0 Å². The molecule has 1 saturated heterocycles. The van der Waals surface area contributed by atoms with Crippen LogP contribution in [0.1, 0.15) is 40.5 Å². The first-order valence-electron chi connectivity index (χ1n) is 7.97. The first-order chi connectivity index (χ1) is 10.7. The molecule has 0 aliphatic carbocycles. The number of amides is 2. The zero-order valence-electron chi connectivity index (χ0n) is 13.8. The molecule has 1 unspecified atom stereocenters. The van der Waals surface area contributed by atoms with E-state index in [2.05, 4.69) is 10.6 Å². The average Bonchev–Trinajstić information content (AvgIpc) is 3.01. The molecule has 5 nitrogen and oxygen atoms in total. The van der Waals surface area contributed by atoms with Crippen LogP contribution < -0.4 is 10.6 Å². The maximum atomic E-state index is 12.6. The van der Waals surface area contributed by atoms with E-state index in [1.54, 1.807) is 24.3 Å². The minimum atomic E-state index is -0.119. The van der Waals surface area contributed by atoms with E-state index in [-0.39, 0.29) is 24.2 Å². The molecule has 1 aromatic rings. The Hall–Kier alpha value is -1.59. The number of rotatable bonds is 6. The van der Waals surface area contributed by atoms with E-state index in [9.17, 15) is 9.59 Å². The van der Waals surface area contributed by atoms with Crippen LogP contribution in [0.3, 0.4) is 0 Å². The molecule has 6 heteroatoms. The van der Waals surface area contributed by atoms with E-state index in [0.717, 1.165) is 32.5 Å². The molecule has 1 aliphatic heterocycles. The van der Waals surface area contributed by atoms with E-state index in [0.29, 0.717) is 23.6 Å². The van der Waals surface area contributed by atoms with Gasteiger partial charge >= 0.3 is 0 Å². The fraction of sp³-hybridized carbons (Fsp3) is 0.529. The number of benzene rings is 1. The monoisotopic (exact) mass is 339 g/mol. The van der Waals surface area contributed by atoms with Gasteiger partial charge in [0, 0.05) is 30.8 Å². The van der Waals surface area contributed by atoms with Crippen LogP contribution in [0, 0.1) is 5.92 Å². The Bertz CT molecular complexity index is 536. The number of likely N-dealkylation sites (tertiary alicyclic amines) is 1. The number of hydrogen-bond donors (Lipinski definition) is 2. The van der Waals surface area contributed by atoms with Crippen LogP contribution in [0.2, 0.25) is 0 Å². The Kier molecular flexibility index (Phi) is 8.06. The summed E-state index contributed by atoms with van der Waals surface area (Å²) in [4.78, 5) is 26.4. The first kappa shape index (κ1) is 19.5. The maximum Gasteiger partial charge on any atom is 0.253 e. The average molecular weight is 340 g/mol. The highest BCUT2D eigenvalue weighted by atomic mass is 35.5. The molecule has 128 valence electrons. The minimum Gasteiger partial charge on any atom is -0.352 e. The molecule has 1 atom stereocenters. The lowest BCUT2D eigenvalue weighted by Gasteiger charge is -2.17. The van der Waals surface area contributed by atoms with Crippen LogP contribution in [0.4, 0.5) is 0 Å². The topological polar surface area (TPSA) is 61.4 Å². The molecule has 1 heterocycles. The Morgan fingerprint density at radius 2 is 2.04 bits per heavy atom. The molecular formula is C17H26ClN3O2. The van der Waals surface area contributed by atoms with Crippen LogP contribution in [0.5, 0.6) is 0 Å². The summed E-state index contributed by atoms with van der Waals surface area (Å²) in [7, 11) is 1.93. The largest absolute Gasteiger partial charge is 0.352 e. The predicted octanol–water partition coefficient (Wildman–Crippen LogP) is 1.93. The fourth-order valence-electron chi connectivity index (χ4n) is 2.79. The van der Waals surface area contributed by atoms with Crippen LogP contribution in [-0.4, -0.2) is 49.9 Å². The van der Waals surface area contributed by atoms with Crippen LogP contribution in [0.15, 0.2) is 24.3 Å². The van der Waals surface area contributed by atoms with E-state index >= 15 is 0 Å². The van der Waals surface area contributed by atoms with Crippen molar-refractivity contribution in [2.24, 2.45) is 5.92 Å². The maximum absolute atomic E-state index is 12.6. The SMILES string of the molecule is CCCNC(=O)c1cccc(C(=O)N2CCC(CNC)C2)c1.Cl. The number of nitrogens with zero attached hydrogens (tertiary/aromatic N) is 1. The van der Waals surface area contributed by atoms with Crippen molar-refractivity contribution in [2.45, 2.75) is 19.8 Å². The summed E-state index contributed by atoms with van der Waals surface area (Å²) in [5.41, 5.74) is 1.14. The van der Waals surface area contributed by atoms with Crippen LogP contribution in [0.25, 0.3) is 0 Å². The Balaban J connectivity index is 0.00000264. The van der Waals surface area contributed by atoms with Gasteiger partial charge in [-0.15, -0.1) is 12.4 Å². The van der Waals surface area contributed by atoms with E-state index in [1.165, 1.54) is 0 Å². The highest BCUT2D eigenvalue weighted by Crippen LogP contribution is 2.18. The highest BCUT2D eigenvalue weighted by molar-refractivity contribution is 5.99. The van der Waals surface area contributed by atoms with Gasteiger partial charge < -0.3 is 15.5 Å². The van der Waals surface area contributed by atoms with Gasteiger partial charge in [0.2, 0.25) is 0 Å². The lowest BCUT2D eigenvalue weighted by Crippen LogP contribution is -2.30. The first-order valence-corrected chi connectivity index (χ1v) is 7.97. The number of carbonyl (C=O) groups is 2. The van der Waals surface area contributed by atoms with Crippen molar-refractivity contribution in [2.75, 3.05) is 33.2 Å². The summed E-state index contributed by atoms with van der Waals surface area (Å²) in [5, 5.41) is 6.00. The number of halogens is 1. The van der Waals surface area contributed by atoms with Gasteiger partial charge in [-0.1, -0.05) is 13.0 Å². The van der Waals surface area contributed by atoms with Crippen molar-refractivity contribution in [3.8, 4) is 0 Å². The lowest BCUT2D eigenvalue weighted by molar-refractivity contribution is 0.0787.